The molecule has 0 saturated heterocycles. The first kappa shape index (κ1) is 17.6. The van der Waals surface area contributed by atoms with Crippen molar-refractivity contribution < 1.29 is 18.0 Å². The number of nitrogens with two attached hydrogens (primary N) is 1. The Morgan fingerprint density at radius 3 is 2.38 bits per heavy atom. The van der Waals surface area contributed by atoms with Gasteiger partial charge in [0.1, 0.15) is 5.82 Å². The second-order valence-corrected chi connectivity index (χ2v) is 6.61. The summed E-state index contributed by atoms with van der Waals surface area (Å²) < 4.78 is 22.3. The van der Waals surface area contributed by atoms with Crippen LogP contribution in [0.1, 0.15) is 11.1 Å². The molecule has 0 fully saturated rings. The molecule has 2 aromatic rings. The van der Waals surface area contributed by atoms with Gasteiger partial charge in [-0.15, -0.1) is 0 Å². The molecule has 0 atom stereocenters. The van der Waals surface area contributed by atoms with Gasteiger partial charge in [-0.25, -0.2) is 18.5 Å². The van der Waals surface area contributed by atoms with Crippen LogP contribution in [0.3, 0.4) is 0 Å². The van der Waals surface area contributed by atoms with Crippen molar-refractivity contribution in [2.45, 2.75) is 18.4 Å². The predicted molar refractivity (Wildman–Crippen MR) is 87.3 cm³/mol. The molecule has 0 unspecified atom stereocenters. The SMILES string of the molecule is Cc1ccnc(NC(=O)C(=O)NCc2ccc(S(N)(=O)=O)cc2)c1. The van der Waals surface area contributed by atoms with Crippen LogP contribution >= 0.6 is 0 Å². The predicted octanol–water partition coefficient (Wildman–Crippen LogP) is 0.292. The molecule has 2 amide bonds. The van der Waals surface area contributed by atoms with Gasteiger partial charge in [-0.3, -0.25) is 9.59 Å². The quantitative estimate of drug-likeness (QED) is 0.684. The van der Waals surface area contributed by atoms with E-state index in [1.165, 1.54) is 30.5 Å². The molecular weight excluding hydrogens is 332 g/mol. The number of rotatable bonds is 4. The molecule has 0 bridgehead atoms. The molecule has 0 aliphatic carbocycles. The summed E-state index contributed by atoms with van der Waals surface area (Å²) in [6.07, 6.45) is 1.52. The Kier molecular flexibility index (Phi) is 5.27. The summed E-state index contributed by atoms with van der Waals surface area (Å²) in [5.74, 6) is -1.38. The Morgan fingerprint density at radius 2 is 1.79 bits per heavy atom. The summed E-state index contributed by atoms with van der Waals surface area (Å²) in [4.78, 5) is 27.4. The third kappa shape index (κ3) is 4.86. The molecule has 9 heteroatoms. The van der Waals surface area contributed by atoms with Crippen LogP contribution in [0.15, 0.2) is 47.5 Å². The van der Waals surface area contributed by atoms with Gasteiger partial charge in [0.05, 0.1) is 4.90 Å². The second kappa shape index (κ2) is 7.20. The van der Waals surface area contributed by atoms with E-state index in [2.05, 4.69) is 15.6 Å². The lowest BCUT2D eigenvalue weighted by Gasteiger charge is -2.07. The van der Waals surface area contributed by atoms with Crippen LogP contribution in [0, 0.1) is 6.92 Å². The third-order valence-corrected chi connectivity index (χ3v) is 4.00. The molecule has 0 saturated carbocycles. The highest BCUT2D eigenvalue weighted by Gasteiger charge is 2.14. The van der Waals surface area contributed by atoms with Gasteiger partial charge in [0.2, 0.25) is 10.0 Å². The lowest BCUT2D eigenvalue weighted by Crippen LogP contribution is -2.35. The number of benzene rings is 1. The molecule has 1 aromatic carbocycles. The Bertz CT molecular complexity index is 863. The number of hydrogen-bond acceptors (Lipinski definition) is 5. The number of nitrogens with zero attached hydrogens (tertiary/aromatic N) is 1. The van der Waals surface area contributed by atoms with E-state index in [0.29, 0.717) is 5.56 Å². The summed E-state index contributed by atoms with van der Waals surface area (Å²) in [6.45, 7) is 1.90. The number of pyridine rings is 1. The van der Waals surface area contributed by atoms with Gasteiger partial charge >= 0.3 is 11.8 Å². The number of aryl methyl sites for hydroxylation is 1. The standard InChI is InChI=1S/C15H16N4O4S/c1-10-6-7-17-13(8-10)19-15(21)14(20)18-9-11-2-4-12(5-3-11)24(16,22)23/h2-8H,9H2,1H3,(H,18,20)(H2,16,22,23)(H,17,19,21). The van der Waals surface area contributed by atoms with E-state index in [0.717, 1.165) is 5.56 Å². The minimum Gasteiger partial charge on any atom is -0.344 e. The molecule has 1 heterocycles. The number of primary sulfonamides is 1. The largest absolute Gasteiger partial charge is 0.344 e. The van der Waals surface area contributed by atoms with E-state index in [1.54, 1.807) is 12.1 Å². The first-order valence-corrected chi connectivity index (χ1v) is 8.44. The molecule has 4 N–H and O–H groups in total. The van der Waals surface area contributed by atoms with Gasteiger partial charge < -0.3 is 10.6 Å². The van der Waals surface area contributed by atoms with Gasteiger partial charge in [0, 0.05) is 12.7 Å². The number of carbonyl (C=O) groups excluding carboxylic acids is 2. The van der Waals surface area contributed by atoms with E-state index in [4.69, 9.17) is 5.14 Å². The molecule has 24 heavy (non-hydrogen) atoms. The van der Waals surface area contributed by atoms with E-state index in [1.807, 2.05) is 6.92 Å². The normalized spacial score (nSPS) is 10.9. The summed E-state index contributed by atoms with van der Waals surface area (Å²) in [6, 6.07) is 9.05. The minimum absolute atomic E-state index is 0.0270. The highest BCUT2D eigenvalue weighted by Crippen LogP contribution is 2.08. The van der Waals surface area contributed by atoms with Crippen LogP contribution in [-0.4, -0.2) is 25.2 Å². The van der Waals surface area contributed by atoms with Gasteiger partial charge in [-0.2, -0.15) is 0 Å². The van der Waals surface area contributed by atoms with Crippen LogP contribution in [0.25, 0.3) is 0 Å². The first-order chi connectivity index (χ1) is 11.3. The molecule has 0 aliphatic heterocycles. The van der Waals surface area contributed by atoms with Gasteiger partial charge in [0.15, 0.2) is 0 Å². The zero-order chi connectivity index (χ0) is 17.7. The third-order valence-electron chi connectivity index (χ3n) is 3.07. The summed E-state index contributed by atoms with van der Waals surface area (Å²) in [5.41, 5.74) is 1.52. The van der Waals surface area contributed by atoms with Crippen molar-refractivity contribution in [1.29, 1.82) is 0 Å². The number of amides is 2. The van der Waals surface area contributed by atoms with Crippen molar-refractivity contribution in [2.75, 3.05) is 5.32 Å². The average Bonchev–Trinajstić information content (AvgIpc) is 2.52. The first-order valence-electron chi connectivity index (χ1n) is 6.89. The lowest BCUT2D eigenvalue weighted by molar-refractivity contribution is -0.136. The van der Waals surface area contributed by atoms with Gasteiger partial charge in [-0.05, 0) is 42.3 Å². The molecular formula is C15H16N4O4S. The fraction of sp³-hybridized carbons (Fsp3) is 0.133. The maximum absolute atomic E-state index is 11.8. The van der Waals surface area contributed by atoms with Crippen molar-refractivity contribution in [3.8, 4) is 0 Å². The van der Waals surface area contributed by atoms with Crippen molar-refractivity contribution >= 4 is 27.7 Å². The Hall–Kier alpha value is -2.78. The number of carbonyl (C=O) groups is 2. The van der Waals surface area contributed by atoms with E-state index in [9.17, 15) is 18.0 Å². The Morgan fingerprint density at radius 1 is 1.12 bits per heavy atom. The summed E-state index contributed by atoms with van der Waals surface area (Å²) in [7, 11) is -3.76. The highest BCUT2D eigenvalue weighted by atomic mass is 32.2. The van der Waals surface area contributed by atoms with Crippen molar-refractivity contribution in [3.63, 3.8) is 0 Å². The smallest absolute Gasteiger partial charge is 0.314 e. The number of aromatic nitrogens is 1. The number of anilines is 1. The average molecular weight is 348 g/mol. The molecule has 0 spiro atoms. The van der Waals surface area contributed by atoms with Gasteiger partial charge in [-0.1, -0.05) is 12.1 Å². The fourth-order valence-corrected chi connectivity index (χ4v) is 2.35. The fourth-order valence-electron chi connectivity index (χ4n) is 1.84. The molecule has 0 radical (unpaired) electrons. The molecule has 0 aliphatic rings. The number of hydrogen-bond donors (Lipinski definition) is 3. The molecule has 8 nitrogen and oxygen atoms in total. The van der Waals surface area contributed by atoms with Crippen LogP contribution in [-0.2, 0) is 26.2 Å². The Labute approximate surface area is 139 Å². The van der Waals surface area contributed by atoms with Crippen molar-refractivity contribution in [3.05, 3.63) is 53.7 Å². The zero-order valence-electron chi connectivity index (χ0n) is 12.8. The van der Waals surface area contributed by atoms with Crippen molar-refractivity contribution in [1.82, 2.24) is 10.3 Å². The van der Waals surface area contributed by atoms with Crippen LogP contribution < -0.4 is 15.8 Å². The van der Waals surface area contributed by atoms with E-state index < -0.39 is 21.8 Å². The maximum atomic E-state index is 11.8. The number of nitrogens with one attached hydrogen (secondary N) is 2. The topological polar surface area (TPSA) is 131 Å². The van der Waals surface area contributed by atoms with E-state index >= 15 is 0 Å². The molecule has 1 aromatic heterocycles. The summed E-state index contributed by atoms with van der Waals surface area (Å²) >= 11 is 0. The summed E-state index contributed by atoms with van der Waals surface area (Å²) in [5, 5.41) is 9.82. The highest BCUT2D eigenvalue weighted by molar-refractivity contribution is 7.89. The van der Waals surface area contributed by atoms with Crippen LogP contribution in [0.2, 0.25) is 0 Å². The van der Waals surface area contributed by atoms with Crippen molar-refractivity contribution in [2.24, 2.45) is 5.14 Å². The zero-order valence-corrected chi connectivity index (χ0v) is 13.6. The Balaban J connectivity index is 1.91. The van der Waals surface area contributed by atoms with E-state index in [-0.39, 0.29) is 17.3 Å². The molecule has 126 valence electrons. The van der Waals surface area contributed by atoms with Gasteiger partial charge in [0.25, 0.3) is 0 Å². The monoisotopic (exact) mass is 348 g/mol. The maximum Gasteiger partial charge on any atom is 0.314 e. The second-order valence-electron chi connectivity index (χ2n) is 5.04. The lowest BCUT2D eigenvalue weighted by atomic mass is 10.2. The van der Waals surface area contributed by atoms with Crippen LogP contribution in [0.5, 0.6) is 0 Å². The van der Waals surface area contributed by atoms with Crippen LogP contribution in [0.4, 0.5) is 5.82 Å². The molecule has 2 rings (SSSR count). The minimum atomic E-state index is -3.76. The number of sulfonamides is 1.